The van der Waals surface area contributed by atoms with Gasteiger partial charge in [0.15, 0.2) is 0 Å². The van der Waals surface area contributed by atoms with Crippen LogP contribution in [-0.4, -0.2) is 0 Å². The lowest BCUT2D eigenvalue weighted by Gasteiger charge is -2.12. The van der Waals surface area contributed by atoms with E-state index in [0.717, 1.165) is 24.2 Å². The van der Waals surface area contributed by atoms with Crippen LogP contribution in [0.3, 0.4) is 0 Å². The molecule has 0 aromatic rings. The number of hydrogen-bond donors (Lipinski definition) is 0. The van der Waals surface area contributed by atoms with Crippen LogP contribution in [0.25, 0.3) is 0 Å². The highest BCUT2D eigenvalue weighted by Crippen LogP contribution is 2.43. The standard InChI is InChI=1S/C13H18/c1-2-3-4-5-6-12-9-11-7-8-13(12)10-11/h2,5-8,11-13H,1,3-4,9-10H2/b6-5+. The van der Waals surface area contributed by atoms with Crippen molar-refractivity contribution in [2.45, 2.75) is 25.7 Å². The molecule has 2 bridgehead atoms. The SMILES string of the molecule is C=CCC/C=C/C1CC2C=CC1C2. The van der Waals surface area contributed by atoms with Crippen LogP contribution in [-0.2, 0) is 0 Å². The first-order valence-corrected chi connectivity index (χ1v) is 5.36. The van der Waals surface area contributed by atoms with E-state index < -0.39 is 0 Å². The Morgan fingerprint density at radius 1 is 1.23 bits per heavy atom. The molecule has 1 fully saturated rings. The largest absolute Gasteiger partial charge is 0.103 e. The van der Waals surface area contributed by atoms with Gasteiger partial charge in [0.05, 0.1) is 0 Å². The van der Waals surface area contributed by atoms with Crippen LogP contribution < -0.4 is 0 Å². The van der Waals surface area contributed by atoms with Crippen molar-refractivity contribution in [1.29, 1.82) is 0 Å². The van der Waals surface area contributed by atoms with Gasteiger partial charge in [0.25, 0.3) is 0 Å². The maximum absolute atomic E-state index is 3.72. The lowest BCUT2D eigenvalue weighted by molar-refractivity contribution is 0.548. The lowest BCUT2D eigenvalue weighted by Crippen LogP contribution is -2.02. The molecule has 0 saturated heterocycles. The first-order chi connectivity index (χ1) is 6.40. The summed E-state index contributed by atoms with van der Waals surface area (Å²) in [6, 6.07) is 0. The molecule has 0 amide bonds. The molecule has 1 saturated carbocycles. The van der Waals surface area contributed by atoms with E-state index in [1.807, 2.05) is 6.08 Å². The number of rotatable bonds is 4. The third-order valence-electron chi connectivity index (χ3n) is 3.25. The van der Waals surface area contributed by atoms with Gasteiger partial charge < -0.3 is 0 Å². The highest BCUT2D eigenvalue weighted by Gasteiger charge is 2.33. The molecule has 3 unspecified atom stereocenters. The Morgan fingerprint density at radius 2 is 2.15 bits per heavy atom. The highest BCUT2D eigenvalue weighted by atomic mass is 14.4. The summed E-state index contributed by atoms with van der Waals surface area (Å²) in [6.07, 6.45) is 16.7. The van der Waals surface area contributed by atoms with Crippen LogP contribution in [0.15, 0.2) is 37.0 Å². The van der Waals surface area contributed by atoms with Crippen LogP contribution >= 0.6 is 0 Å². The molecule has 3 atom stereocenters. The highest BCUT2D eigenvalue weighted by molar-refractivity contribution is 5.14. The zero-order chi connectivity index (χ0) is 9.10. The molecule has 0 radical (unpaired) electrons. The van der Waals surface area contributed by atoms with Gasteiger partial charge in [-0.05, 0) is 43.4 Å². The monoisotopic (exact) mass is 174 g/mol. The van der Waals surface area contributed by atoms with Gasteiger partial charge in [-0.3, -0.25) is 0 Å². The normalized spacial score (nSPS) is 36.2. The second-order valence-electron chi connectivity index (χ2n) is 4.24. The van der Waals surface area contributed by atoms with Crippen molar-refractivity contribution in [2.24, 2.45) is 17.8 Å². The summed E-state index contributed by atoms with van der Waals surface area (Å²) in [7, 11) is 0. The smallest absolute Gasteiger partial charge is 0.0165 e. The fourth-order valence-electron chi connectivity index (χ4n) is 2.53. The summed E-state index contributed by atoms with van der Waals surface area (Å²) in [6.45, 7) is 3.72. The van der Waals surface area contributed by atoms with Crippen LogP contribution in [0.2, 0.25) is 0 Å². The summed E-state index contributed by atoms with van der Waals surface area (Å²) in [5, 5.41) is 0. The average Bonchev–Trinajstić information content (AvgIpc) is 2.73. The van der Waals surface area contributed by atoms with Gasteiger partial charge in [-0.2, -0.15) is 0 Å². The van der Waals surface area contributed by atoms with E-state index in [-0.39, 0.29) is 0 Å². The van der Waals surface area contributed by atoms with Gasteiger partial charge in [0.2, 0.25) is 0 Å². The van der Waals surface area contributed by atoms with Gasteiger partial charge >= 0.3 is 0 Å². The third kappa shape index (κ3) is 1.93. The molecule has 0 nitrogen and oxygen atoms in total. The van der Waals surface area contributed by atoms with E-state index in [1.165, 1.54) is 19.3 Å². The van der Waals surface area contributed by atoms with Crippen molar-refractivity contribution in [1.82, 2.24) is 0 Å². The summed E-state index contributed by atoms with van der Waals surface area (Å²) in [4.78, 5) is 0. The summed E-state index contributed by atoms with van der Waals surface area (Å²) in [5.74, 6) is 2.61. The molecule has 0 heteroatoms. The van der Waals surface area contributed by atoms with E-state index >= 15 is 0 Å². The number of fused-ring (bicyclic) bond motifs is 2. The molecule has 0 spiro atoms. The predicted molar refractivity (Wildman–Crippen MR) is 57.4 cm³/mol. The molecule has 0 aromatic carbocycles. The minimum Gasteiger partial charge on any atom is -0.103 e. The Morgan fingerprint density at radius 3 is 2.77 bits per heavy atom. The maximum atomic E-state index is 3.72. The molecule has 13 heavy (non-hydrogen) atoms. The molecular weight excluding hydrogens is 156 g/mol. The Bertz CT molecular complexity index is 234. The first-order valence-electron chi connectivity index (χ1n) is 5.36. The van der Waals surface area contributed by atoms with E-state index in [2.05, 4.69) is 30.9 Å². The molecule has 0 heterocycles. The topological polar surface area (TPSA) is 0 Å². The number of unbranched alkanes of at least 4 members (excludes halogenated alkanes) is 1. The second-order valence-corrected chi connectivity index (χ2v) is 4.24. The molecule has 0 aliphatic heterocycles. The molecule has 2 rings (SSSR count). The van der Waals surface area contributed by atoms with Gasteiger partial charge in [0.1, 0.15) is 0 Å². The van der Waals surface area contributed by atoms with Gasteiger partial charge in [-0.15, -0.1) is 6.58 Å². The van der Waals surface area contributed by atoms with Crippen LogP contribution in [0.1, 0.15) is 25.7 Å². The van der Waals surface area contributed by atoms with Gasteiger partial charge in [-0.25, -0.2) is 0 Å². The Balaban J connectivity index is 1.80. The third-order valence-corrected chi connectivity index (χ3v) is 3.25. The van der Waals surface area contributed by atoms with Crippen molar-refractivity contribution in [3.8, 4) is 0 Å². The van der Waals surface area contributed by atoms with E-state index in [9.17, 15) is 0 Å². The van der Waals surface area contributed by atoms with Crippen molar-refractivity contribution >= 4 is 0 Å². The van der Waals surface area contributed by atoms with Crippen molar-refractivity contribution in [2.75, 3.05) is 0 Å². The fraction of sp³-hybridized carbons (Fsp3) is 0.538. The van der Waals surface area contributed by atoms with Crippen LogP contribution in [0, 0.1) is 17.8 Å². The molecule has 2 aliphatic carbocycles. The zero-order valence-electron chi connectivity index (χ0n) is 8.15. The van der Waals surface area contributed by atoms with Crippen LogP contribution in [0.5, 0.6) is 0 Å². The average molecular weight is 174 g/mol. The number of allylic oxidation sites excluding steroid dienone is 5. The second kappa shape index (κ2) is 3.95. The van der Waals surface area contributed by atoms with Crippen LogP contribution in [0.4, 0.5) is 0 Å². The zero-order valence-corrected chi connectivity index (χ0v) is 8.15. The molecule has 2 aliphatic rings. The minimum atomic E-state index is 0.847. The summed E-state index contributed by atoms with van der Waals surface area (Å²) in [5.41, 5.74) is 0. The predicted octanol–water partition coefficient (Wildman–Crippen LogP) is 3.72. The summed E-state index contributed by atoms with van der Waals surface area (Å²) >= 11 is 0. The first kappa shape index (κ1) is 8.80. The molecule has 0 N–H and O–H groups in total. The Hall–Kier alpha value is -0.780. The van der Waals surface area contributed by atoms with Crippen molar-refractivity contribution < 1.29 is 0 Å². The van der Waals surface area contributed by atoms with Crippen molar-refractivity contribution in [3.63, 3.8) is 0 Å². The van der Waals surface area contributed by atoms with Gasteiger partial charge in [0, 0.05) is 0 Å². The Labute approximate surface area is 81.0 Å². The fourth-order valence-corrected chi connectivity index (χ4v) is 2.53. The van der Waals surface area contributed by atoms with E-state index in [4.69, 9.17) is 0 Å². The van der Waals surface area contributed by atoms with E-state index in [1.54, 1.807) is 0 Å². The van der Waals surface area contributed by atoms with Gasteiger partial charge in [-0.1, -0.05) is 30.4 Å². The molecule has 70 valence electrons. The minimum absolute atomic E-state index is 0.847. The number of hydrogen-bond acceptors (Lipinski definition) is 0. The quantitative estimate of drug-likeness (QED) is 0.450. The maximum Gasteiger partial charge on any atom is -0.0165 e. The summed E-state index contributed by atoms with van der Waals surface area (Å²) < 4.78 is 0. The van der Waals surface area contributed by atoms with Crippen molar-refractivity contribution in [3.05, 3.63) is 37.0 Å². The Kier molecular flexibility index (Phi) is 2.68. The van der Waals surface area contributed by atoms with E-state index in [0.29, 0.717) is 0 Å². The molecule has 0 aromatic heterocycles. The molecular formula is C13H18. The lowest BCUT2D eigenvalue weighted by atomic mass is 9.93.